The fraction of sp³-hybridized carbons (Fsp3) is 0.0500. The Morgan fingerprint density at radius 2 is 1.05 bits per heavy atom. The zero-order valence-corrected chi connectivity index (χ0v) is 34.8. The van der Waals surface area contributed by atoms with Crippen LogP contribution >= 0.6 is 34.0 Å². The molecule has 0 aliphatic heterocycles. The van der Waals surface area contributed by atoms with Crippen molar-refractivity contribution in [1.82, 2.24) is 0 Å². The first-order valence-corrected chi connectivity index (χ1v) is 22.7. The van der Waals surface area contributed by atoms with Gasteiger partial charge in [-0.2, -0.15) is 0 Å². The van der Waals surface area contributed by atoms with Crippen molar-refractivity contribution in [2.45, 2.75) is 23.3 Å². The van der Waals surface area contributed by atoms with Gasteiger partial charge in [0.2, 0.25) is 0 Å². The van der Waals surface area contributed by atoms with Crippen molar-refractivity contribution >= 4 is 88.6 Å². The zero-order valence-electron chi connectivity index (χ0n) is 30.7. The van der Waals surface area contributed by atoms with Gasteiger partial charge in [0.25, 0.3) is 31.9 Å². The van der Waals surface area contributed by atoms with Gasteiger partial charge in [0.15, 0.2) is 23.3 Å². The molecular weight excluding hydrogens is 885 g/mol. The number of ether oxygens (including phenoxy) is 1. The maximum atomic E-state index is 13.5. The highest BCUT2D eigenvalue weighted by atomic mass is 32.2. The van der Waals surface area contributed by atoms with Crippen LogP contribution in [-0.4, -0.2) is 28.6 Å². The van der Waals surface area contributed by atoms with Gasteiger partial charge in [0, 0.05) is 10.6 Å². The highest BCUT2D eigenvalue weighted by molar-refractivity contribution is 7.93. The van der Waals surface area contributed by atoms with Crippen molar-refractivity contribution in [2.75, 3.05) is 20.1 Å². The number of hydrogen-bond donors (Lipinski definition) is 4. The summed E-state index contributed by atoms with van der Waals surface area (Å²) < 4.78 is 113. The second-order valence-electron chi connectivity index (χ2n) is 12.3. The molecule has 2 amide bonds. The lowest BCUT2D eigenvalue weighted by molar-refractivity contribution is 0.102. The van der Waals surface area contributed by atoms with E-state index in [1.54, 1.807) is 41.1 Å². The van der Waals surface area contributed by atoms with Gasteiger partial charge in [0.1, 0.15) is 22.1 Å². The summed E-state index contributed by atoms with van der Waals surface area (Å²) in [6.45, 7) is 2.25. The molecular formula is C40H30F4N4O7S5. The SMILES string of the molecule is Cc1sccc1NC(=O)c1sccc1NS(=O)(=O)c1ccc(F)c(F)c1.O=C(Nc1ccc(OCc2ccccc2)cc1)c1sccc1NS(=O)(=O)c1ccc(F)c(F)c1. The topological polar surface area (TPSA) is 160 Å². The number of nitrogens with one attached hydrogen (secondary N) is 4. The maximum Gasteiger partial charge on any atom is 0.267 e. The first kappa shape index (κ1) is 43.5. The van der Waals surface area contributed by atoms with Crippen LogP contribution in [-0.2, 0) is 26.7 Å². The molecule has 0 saturated carbocycles. The third-order valence-corrected chi connectivity index (χ3v) is 13.5. The van der Waals surface area contributed by atoms with Gasteiger partial charge < -0.3 is 15.4 Å². The van der Waals surface area contributed by atoms with Crippen LogP contribution in [0.4, 0.5) is 40.3 Å². The largest absolute Gasteiger partial charge is 0.489 e. The van der Waals surface area contributed by atoms with Crippen LogP contribution in [0.3, 0.4) is 0 Å². The number of carbonyl (C=O) groups excluding carboxylic acids is 2. The average Bonchev–Trinajstić information content (AvgIpc) is 3.98. The molecule has 4 N–H and O–H groups in total. The van der Waals surface area contributed by atoms with Gasteiger partial charge in [0.05, 0.1) is 26.9 Å². The molecule has 0 radical (unpaired) electrons. The molecule has 3 aromatic heterocycles. The lowest BCUT2D eigenvalue weighted by atomic mass is 10.2. The number of rotatable bonds is 13. The van der Waals surface area contributed by atoms with Crippen molar-refractivity contribution in [3.05, 3.63) is 169 Å². The van der Waals surface area contributed by atoms with Crippen molar-refractivity contribution < 1.29 is 48.7 Å². The number of aryl methyl sites for hydroxylation is 1. The van der Waals surface area contributed by atoms with E-state index in [1.807, 2.05) is 42.6 Å². The number of hydrogen-bond acceptors (Lipinski definition) is 10. The minimum atomic E-state index is -4.23. The van der Waals surface area contributed by atoms with E-state index in [2.05, 4.69) is 20.1 Å². The molecule has 0 fully saturated rings. The fourth-order valence-corrected chi connectivity index (χ4v) is 9.52. The standard InChI is InChI=1S/C24H18F2N2O4S2.C16H12F2N2O3S3/c25-20-11-10-19(14-21(20)26)34(30,31)28-22-12-13-33-23(22)24(29)27-17-6-8-18(9-7-17)32-15-16-4-2-1-3-5-16;1-9-13(4-6-24-9)19-16(21)15-14(5-7-25-15)20-26(22,23)10-2-3-11(17)12(18)8-10/h1-14,28H,15H2,(H,27,29);2-8,20H,1H3,(H,19,21). The van der Waals surface area contributed by atoms with E-state index in [0.29, 0.717) is 35.9 Å². The maximum absolute atomic E-state index is 13.5. The summed E-state index contributed by atoms with van der Waals surface area (Å²) in [6, 6.07) is 25.5. The summed E-state index contributed by atoms with van der Waals surface area (Å²) in [5, 5.41) is 10.3. The fourth-order valence-electron chi connectivity index (χ4n) is 5.08. The minimum absolute atomic E-state index is 0.0232. The average molecular weight is 915 g/mol. The highest BCUT2D eigenvalue weighted by Crippen LogP contribution is 2.30. The second-order valence-corrected chi connectivity index (χ2v) is 18.6. The molecule has 3 heterocycles. The molecule has 0 spiro atoms. The lowest BCUT2D eigenvalue weighted by Crippen LogP contribution is -2.17. The number of amides is 2. The van der Waals surface area contributed by atoms with Gasteiger partial charge in [-0.25, -0.2) is 34.4 Å². The van der Waals surface area contributed by atoms with Crippen molar-refractivity contribution in [3.8, 4) is 5.75 Å². The molecule has 0 bridgehead atoms. The lowest BCUT2D eigenvalue weighted by Gasteiger charge is -2.10. The van der Waals surface area contributed by atoms with Gasteiger partial charge in [-0.15, -0.1) is 34.0 Å². The van der Waals surface area contributed by atoms with Crippen LogP contribution in [0.15, 0.2) is 135 Å². The van der Waals surface area contributed by atoms with Crippen LogP contribution in [0.5, 0.6) is 5.75 Å². The minimum Gasteiger partial charge on any atom is -0.489 e. The van der Waals surface area contributed by atoms with Crippen LogP contribution in [0.25, 0.3) is 0 Å². The van der Waals surface area contributed by atoms with E-state index in [-0.39, 0.29) is 21.1 Å². The van der Waals surface area contributed by atoms with Gasteiger partial charge >= 0.3 is 0 Å². The number of anilines is 4. The smallest absolute Gasteiger partial charge is 0.267 e. The number of halogens is 4. The Morgan fingerprint density at radius 3 is 1.53 bits per heavy atom. The van der Waals surface area contributed by atoms with Gasteiger partial charge in [-0.3, -0.25) is 19.0 Å². The number of benzene rings is 4. The van der Waals surface area contributed by atoms with Gasteiger partial charge in [-0.1, -0.05) is 30.3 Å². The Bertz CT molecular complexity index is 2870. The zero-order chi connectivity index (χ0) is 43.0. The van der Waals surface area contributed by atoms with Crippen molar-refractivity contribution in [2.24, 2.45) is 0 Å². The third-order valence-electron chi connectivity index (χ3n) is 8.10. The van der Waals surface area contributed by atoms with E-state index >= 15 is 0 Å². The van der Waals surface area contributed by atoms with E-state index in [1.165, 1.54) is 23.5 Å². The summed E-state index contributed by atoms with van der Waals surface area (Å²) in [7, 11) is -8.41. The molecule has 0 aliphatic rings. The molecule has 0 unspecified atom stereocenters. The molecule has 7 rings (SSSR count). The van der Waals surface area contributed by atoms with Crippen LogP contribution in [0.1, 0.15) is 29.8 Å². The quantitative estimate of drug-likeness (QED) is 0.0838. The number of carbonyl (C=O) groups is 2. The molecule has 60 heavy (non-hydrogen) atoms. The van der Waals surface area contributed by atoms with Crippen LogP contribution in [0, 0.1) is 30.2 Å². The summed E-state index contributed by atoms with van der Waals surface area (Å²) in [5.74, 6) is -5.25. The van der Waals surface area contributed by atoms with E-state index in [4.69, 9.17) is 4.74 Å². The number of thiophene rings is 3. The third kappa shape index (κ3) is 11.0. The van der Waals surface area contributed by atoms with E-state index in [9.17, 15) is 44.0 Å². The van der Waals surface area contributed by atoms with Crippen LogP contribution < -0.4 is 24.8 Å². The first-order valence-electron chi connectivity index (χ1n) is 17.1. The summed E-state index contributed by atoms with van der Waals surface area (Å²) in [6.07, 6.45) is 0. The second kappa shape index (κ2) is 18.9. The molecule has 310 valence electrons. The molecule has 4 aromatic carbocycles. The van der Waals surface area contributed by atoms with Crippen LogP contribution in [0.2, 0.25) is 0 Å². The Balaban J connectivity index is 0.000000209. The van der Waals surface area contributed by atoms with E-state index < -0.39 is 64.9 Å². The predicted molar refractivity (Wildman–Crippen MR) is 225 cm³/mol. The Hall–Kier alpha value is -6.06. The molecule has 0 atom stereocenters. The molecule has 0 saturated heterocycles. The van der Waals surface area contributed by atoms with Crippen molar-refractivity contribution in [3.63, 3.8) is 0 Å². The molecule has 0 aliphatic carbocycles. The van der Waals surface area contributed by atoms with E-state index in [0.717, 1.165) is 57.4 Å². The molecule has 20 heteroatoms. The molecule has 11 nitrogen and oxygen atoms in total. The Kier molecular flexibility index (Phi) is 13.7. The predicted octanol–water partition coefficient (Wildman–Crippen LogP) is 10.1. The number of sulfonamides is 2. The van der Waals surface area contributed by atoms with Crippen molar-refractivity contribution in [1.29, 1.82) is 0 Å². The summed E-state index contributed by atoms with van der Waals surface area (Å²) in [4.78, 5) is 25.4. The Labute approximate surface area is 353 Å². The molecule has 7 aromatic rings. The monoisotopic (exact) mass is 914 g/mol. The normalized spacial score (nSPS) is 11.2. The summed E-state index contributed by atoms with van der Waals surface area (Å²) in [5.41, 5.74) is 2.23. The van der Waals surface area contributed by atoms with Gasteiger partial charge in [-0.05, 0) is 107 Å². The highest BCUT2D eigenvalue weighted by Gasteiger charge is 2.23. The first-order chi connectivity index (χ1) is 28.6. The summed E-state index contributed by atoms with van der Waals surface area (Å²) >= 11 is 3.56. The Morgan fingerprint density at radius 1 is 0.567 bits per heavy atom.